The molecule has 2 aromatic carbocycles. The van der Waals surface area contributed by atoms with Crippen LogP contribution < -0.4 is 15.5 Å². The van der Waals surface area contributed by atoms with Gasteiger partial charge in [-0.2, -0.15) is 0 Å². The Morgan fingerprint density at radius 1 is 1.10 bits per heavy atom. The molecule has 1 atom stereocenters. The third-order valence-corrected chi connectivity index (χ3v) is 8.19. The van der Waals surface area contributed by atoms with Gasteiger partial charge in [-0.05, 0) is 48.9 Å². The third-order valence-electron chi connectivity index (χ3n) is 6.40. The molecule has 3 rings (SSSR count). The summed E-state index contributed by atoms with van der Waals surface area (Å²) in [5.41, 5.74) is 1.27. The van der Waals surface area contributed by atoms with Crippen molar-refractivity contribution in [1.29, 1.82) is 0 Å². The monoisotopic (exact) mass is 592 g/mol. The molecule has 0 saturated carbocycles. The van der Waals surface area contributed by atoms with Gasteiger partial charge in [0.25, 0.3) is 0 Å². The second-order valence-corrected chi connectivity index (χ2v) is 10.5. The van der Waals surface area contributed by atoms with Crippen molar-refractivity contribution in [3.63, 3.8) is 0 Å². The SMILES string of the molecule is CSc1ccc(C=CC(=O)N2CCC(C(=O)NC(CNC(=O)N(C)c3ccccc3)C(=O)O)CC2)c(Cl)c1Cl. The molecule has 9 nitrogen and oxygen atoms in total. The van der Waals surface area contributed by atoms with E-state index in [-0.39, 0.29) is 12.5 Å². The molecule has 0 spiro atoms. The van der Waals surface area contributed by atoms with Gasteiger partial charge in [0, 0.05) is 42.7 Å². The first-order valence-corrected chi connectivity index (χ1v) is 14.2. The number of para-hydroxylation sites is 1. The molecule has 2 aromatic rings. The average molecular weight is 594 g/mol. The molecule has 1 saturated heterocycles. The number of anilines is 1. The van der Waals surface area contributed by atoms with Gasteiger partial charge in [-0.25, -0.2) is 9.59 Å². The highest BCUT2D eigenvalue weighted by Crippen LogP contribution is 2.35. The van der Waals surface area contributed by atoms with Crippen molar-refractivity contribution >= 4 is 70.5 Å². The number of halogens is 2. The van der Waals surface area contributed by atoms with Crippen LogP contribution >= 0.6 is 35.0 Å². The van der Waals surface area contributed by atoms with E-state index in [4.69, 9.17) is 23.2 Å². The van der Waals surface area contributed by atoms with Crippen LogP contribution in [0, 0.1) is 5.92 Å². The van der Waals surface area contributed by atoms with Crippen LogP contribution in [0.3, 0.4) is 0 Å². The molecule has 1 heterocycles. The molecular weight excluding hydrogens is 563 g/mol. The zero-order valence-corrected chi connectivity index (χ0v) is 23.9. The van der Waals surface area contributed by atoms with E-state index in [9.17, 15) is 24.3 Å². The second-order valence-electron chi connectivity index (χ2n) is 8.90. The van der Waals surface area contributed by atoms with Crippen LogP contribution in [0.2, 0.25) is 10.0 Å². The van der Waals surface area contributed by atoms with Crippen LogP contribution in [0.1, 0.15) is 18.4 Å². The van der Waals surface area contributed by atoms with Crippen LogP contribution in [0.4, 0.5) is 10.5 Å². The van der Waals surface area contributed by atoms with Gasteiger partial charge >= 0.3 is 12.0 Å². The number of nitrogens with one attached hydrogen (secondary N) is 2. The number of carboxylic acids is 1. The normalized spacial score (nSPS) is 14.6. The Hall–Kier alpha value is -3.21. The van der Waals surface area contributed by atoms with Crippen molar-refractivity contribution in [3.8, 4) is 0 Å². The fraction of sp³-hybridized carbons (Fsp3) is 0.333. The molecule has 208 valence electrons. The van der Waals surface area contributed by atoms with Gasteiger partial charge in [-0.3, -0.25) is 14.5 Å². The highest BCUT2D eigenvalue weighted by molar-refractivity contribution is 7.98. The van der Waals surface area contributed by atoms with Gasteiger partial charge in [0.05, 0.1) is 16.6 Å². The lowest BCUT2D eigenvalue weighted by Crippen LogP contribution is -2.52. The first kappa shape index (κ1) is 30.3. The van der Waals surface area contributed by atoms with E-state index in [1.54, 1.807) is 48.4 Å². The Balaban J connectivity index is 1.49. The van der Waals surface area contributed by atoms with E-state index in [2.05, 4.69) is 10.6 Å². The van der Waals surface area contributed by atoms with Crippen molar-refractivity contribution in [2.75, 3.05) is 37.8 Å². The van der Waals surface area contributed by atoms with Crippen molar-refractivity contribution in [2.24, 2.45) is 5.92 Å². The summed E-state index contributed by atoms with van der Waals surface area (Å²) in [5, 5.41) is 15.4. The smallest absolute Gasteiger partial charge is 0.328 e. The molecule has 4 amide bonds. The van der Waals surface area contributed by atoms with Gasteiger partial charge in [-0.15, -0.1) is 11.8 Å². The standard InChI is InChI=1S/C27H30Cl2N4O5S/c1-32(19-6-4-3-5-7-19)27(38)30-16-20(26(36)37)31-25(35)18-12-14-33(15-13-18)22(34)11-9-17-8-10-21(39-2)24(29)23(17)28/h3-11,18,20H,12-16H2,1-2H3,(H,30,38)(H,31,35)(H,36,37). The summed E-state index contributed by atoms with van der Waals surface area (Å²) in [6, 6.07) is 10.7. The Labute approximate surface area is 241 Å². The molecule has 0 aliphatic carbocycles. The number of urea groups is 1. The molecule has 3 N–H and O–H groups in total. The van der Waals surface area contributed by atoms with Crippen molar-refractivity contribution in [2.45, 2.75) is 23.8 Å². The first-order valence-electron chi connectivity index (χ1n) is 12.2. The largest absolute Gasteiger partial charge is 0.480 e. The van der Waals surface area contributed by atoms with Gasteiger partial charge in [-0.1, -0.05) is 47.5 Å². The molecular formula is C27H30Cl2N4O5S. The van der Waals surface area contributed by atoms with Crippen LogP contribution in [0.25, 0.3) is 6.08 Å². The number of nitrogens with zero attached hydrogens (tertiary/aromatic N) is 2. The number of hydrogen-bond donors (Lipinski definition) is 3. The summed E-state index contributed by atoms with van der Waals surface area (Å²) in [5.74, 6) is -2.35. The number of benzene rings is 2. The highest BCUT2D eigenvalue weighted by atomic mass is 35.5. The molecule has 1 unspecified atom stereocenters. The van der Waals surface area contributed by atoms with E-state index in [0.717, 1.165) is 4.90 Å². The molecule has 0 radical (unpaired) electrons. The average Bonchev–Trinajstić information content (AvgIpc) is 2.95. The topological polar surface area (TPSA) is 119 Å². The van der Waals surface area contributed by atoms with Crippen molar-refractivity contribution in [1.82, 2.24) is 15.5 Å². The van der Waals surface area contributed by atoms with Crippen LogP contribution in [0.15, 0.2) is 53.4 Å². The minimum atomic E-state index is -1.29. The van der Waals surface area contributed by atoms with Crippen LogP contribution in [-0.4, -0.2) is 72.8 Å². The predicted octanol–water partition coefficient (Wildman–Crippen LogP) is 4.38. The molecule has 0 aromatic heterocycles. The minimum Gasteiger partial charge on any atom is -0.480 e. The Morgan fingerprint density at radius 2 is 1.77 bits per heavy atom. The number of aliphatic carboxylic acids is 1. The fourth-order valence-electron chi connectivity index (χ4n) is 4.03. The molecule has 0 bridgehead atoms. The number of hydrogen-bond acceptors (Lipinski definition) is 5. The van der Waals surface area contributed by atoms with Gasteiger partial charge in [0.1, 0.15) is 6.04 Å². The lowest BCUT2D eigenvalue weighted by Gasteiger charge is -2.31. The van der Waals surface area contributed by atoms with Crippen LogP contribution in [0.5, 0.6) is 0 Å². The third kappa shape index (κ3) is 8.14. The lowest BCUT2D eigenvalue weighted by atomic mass is 9.95. The Kier molecular flexibility index (Phi) is 11.1. The number of piperidine rings is 1. The molecule has 1 fully saturated rings. The molecule has 39 heavy (non-hydrogen) atoms. The number of thioether (sulfide) groups is 1. The van der Waals surface area contributed by atoms with Gasteiger partial charge in [0.2, 0.25) is 11.8 Å². The van der Waals surface area contributed by atoms with E-state index >= 15 is 0 Å². The molecule has 1 aliphatic heterocycles. The summed E-state index contributed by atoms with van der Waals surface area (Å²) in [7, 11) is 1.56. The maximum atomic E-state index is 12.8. The Morgan fingerprint density at radius 3 is 2.38 bits per heavy atom. The molecule has 12 heteroatoms. The lowest BCUT2D eigenvalue weighted by molar-refractivity contribution is -0.142. The summed E-state index contributed by atoms with van der Waals surface area (Å²) in [6.45, 7) is 0.415. The highest BCUT2D eigenvalue weighted by Gasteiger charge is 2.30. The zero-order valence-electron chi connectivity index (χ0n) is 21.5. The fourth-order valence-corrected chi connectivity index (χ4v) is 5.20. The summed E-state index contributed by atoms with van der Waals surface area (Å²) >= 11 is 14.0. The van der Waals surface area contributed by atoms with Crippen molar-refractivity contribution in [3.05, 3.63) is 64.1 Å². The number of carbonyl (C=O) groups excluding carboxylic acids is 3. The van der Waals surface area contributed by atoms with Gasteiger partial charge in [0.15, 0.2) is 0 Å². The maximum absolute atomic E-state index is 12.8. The summed E-state index contributed by atoms with van der Waals surface area (Å²) < 4.78 is 0. The Bertz CT molecular complexity index is 1240. The van der Waals surface area contributed by atoms with E-state index in [1.807, 2.05) is 18.4 Å². The number of rotatable bonds is 9. The second kappa shape index (κ2) is 14.3. The number of carbonyl (C=O) groups is 4. The number of likely N-dealkylation sites (tertiary alicyclic amines) is 1. The van der Waals surface area contributed by atoms with E-state index < -0.39 is 29.9 Å². The van der Waals surface area contributed by atoms with Crippen LogP contribution in [-0.2, 0) is 14.4 Å². The zero-order chi connectivity index (χ0) is 28.5. The van der Waals surface area contributed by atoms with E-state index in [0.29, 0.717) is 47.2 Å². The van der Waals surface area contributed by atoms with E-state index in [1.165, 1.54) is 22.7 Å². The number of amides is 4. The molecule has 1 aliphatic rings. The van der Waals surface area contributed by atoms with Crippen molar-refractivity contribution < 1.29 is 24.3 Å². The summed E-state index contributed by atoms with van der Waals surface area (Å²) in [4.78, 5) is 53.4. The number of carboxylic acid groups (broad SMARTS) is 1. The summed E-state index contributed by atoms with van der Waals surface area (Å²) in [6.07, 6.45) is 5.70. The predicted molar refractivity (Wildman–Crippen MR) is 154 cm³/mol. The van der Waals surface area contributed by atoms with Gasteiger partial charge < -0.3 is 20.6 Å². The first-order chi connectivity index (χ1) is 18.6. The quantitative estimate of drug-likeness (QED) is 0.293. The maximum Gasteiger partial charge on any atom is 0.328 e. The minimum absolute atomic E-state index is 0.219.